The summed E-state index contributed by atoms with van der Waals surface area (Å²) in [4.78, 5) is 6.86. The topological polar surface area (TPSA) is 28.2 Å². The number of hydrogen-bond donors (Lipinski definition) is 1. The normalized spacial score (nSPS) is 19.5. The molecule has 0 amide bonds. The first kappa shape index (κ1) is 13.7. The number of hydrogen-bond acceptors (Lipinski definition) is 4. The molecule has 1 aliphatic rings. The zero-order valence-corrected chi connectivity index (χ0v) is 12.5. The van der Waals surface area contributed by atoms with Crippen LogP contribution in [0.3, 0.4) is 0 Å². The van der Waals surface area contributed by atoms with E-state index >= 15 is 0 Å². The zero-order valence-electron chi connectivity index (χ0n) is 11.7. The molecule has 0 radical (unpaired) electrons. The Kier molecular flexibility index (Phi) is 4.79. The van der Waals surface area contributed by atoms with Crippen molar-refractivity contribution in [2.24, 2.45) is 0 Å². The van der Waals surface area contributed by atoms with E-state index in [0.717, 1.165) is 26.1 Å². The van der Waals surface area contributed by atoms with Crippen molar-refractivity contribution in [3.8, 4) is 0 Å². The van der Waals surface area contributed by atoms with Crippen molar-refractivity contribution < 1.29 is 0 Å². The lowest BCUT2D eigenvalue weighted by atomic mass is 10.2. The molecule has 1 atom stereocenters. The minimum absolute atomic E-state index is 0.638. The molecule has 0 bridgehead atoms. The lowest BCUT2D eigenvalue weighted by molar-refractivity contribution is 0.320. The van der Waals surface area contributed by atoms with Crippen LogP contribution in [0.5, 0.6) is 0 Å². The molecule has 2 heterocycles. The quantitative estimate of drug-likeness (QED) is 0.885. The fraction of sp³-hybridized carbons (Fsp3) is 0.438. The Labute approximate surface area is 124 Å². The third kappa shape index (κ3) is 3.88. The van der Waals surface area contributed by atoms with Crippen LogP contribution in [-0.2, 0) is 13.0 Å². The molecule has 4 heteroatoms. The highest BCUT2D eigenvalue weighted by atomic mass is 32.1. The van der Waals surface area contributed by atoms with Crippen LogP contribution >= 0.6 is 11.3 Å². The summed E-state index contributed by atoms with van der Waals surface area (Å²) in [6, 6.07) is 11.4. The third-order valence-electron chi connectivity index (χ3n) is 3.78. The van der Waals surface area contributed by atoms with E-state index in [1.807, 2.05) is 11.6 Å². The number of nitrogens with one attached hydrogen (secondary N) is 1. The second-order valence-electron chi connectivity index (χ2n) is 5.34. The molecule has 0 spiro atoms. The first-order valence-corrected chi connectivity index (χ1v) is 8.16. The Morgan fingerprint density at radius 1 is 1.30 bits per heavy atom. The lowest BCUT2D eigenvalue weighted by Gasteiger charge is -2.16. The van der Waals surface area contributed by atoms with E-state index in [0.29, 0.717) is 6.04 Å². The monoisotopic (exact) mass is 287 g/mol. The van der Waals surface area contributed by atoms with Gasteiger partial charge in [-0.05, 0) is 12.0 Å². The highest BCUT2D eigenvalue weighted by Gasteiger charge is 2.21. The van der Waals surface area contributed by atoms with Gasteiger partial charge in [-0.15, -0.1) is 11.3 Å². The predicted octanol–water partition coefficient (Wildman–Crippen LogP) is 2.55. The van der Waals surface area contributed by atoms with E-state index in [9.17, 15) is 0 Å². The standard InChI is InChI=1S/C16H21N3S/c1-2-4-14(5-3-1)12-19-10-7-15(13-19)17-8-6-16-18-9-11-20-16/h1-5,9,11,15,17H,6-8,10,12-13H2. The molecule has 1 unspecified atom stereocenters. The van der Waals surface area contributed by atoms with Gasteiger partial charge in [0.1, 0.15) is 0 Å². The average molecular weight is 287 g/mol. The van der Waals surface area contributed by atoms with Crippen LogP contribution in [0, 0.1) is 0 Å². The van der Waals surface area contributed by atoms with Gasteiger partial charge < -0.3 is 5.32 Å². The van der Waals surface area contributed by atoms with Crippen molar-refractivity contribution in [2.75, 3.05) is 19.6 Å². The predicted molar refractivity (Wildman–Crippen MR) is 83.9 cm³/mol. The van der Waals surface area contributed by atoms with Crippen LogP contribution in [0.15, 0.2) is 41.9 Å². The number of thiazole rings is 1. The van der Waals surface area contributed by atoms with Gasteiger partial charge in [0.2, 0.25) is 0 Å². The van der Waals surface area contributed by atoms with Crippen LogP contribution in [0.2, 0.25) is 0 Å². The highest BCUT2D eigenvalue weighted by Crippen LogP contribution is 2.13. The number of likely N-dealkylation sites (tertiary alicyclic amines) is 1. The van der Waals surface area contributed by atoms with Crippen molar-refractivity contribution >= 4 is 11.3 Å². The van der Waals surface area contributed by atoms with Crippen molar-refractivity contribution in [2.45, 2.75) is 25.4 Å². The molecule has 1 N–H and O–H groups in total. The van der Waals surface area contributed by atoms with E-state index in [1.165, 1.54) is 23.5 Å². The van der Waals surface area contributed by atoms with Crippen LogP contribution in [0.1, 0.15) is 17.0 Å². The Bertz CT molecular complexity index is 498. The zero-order chi connectivity index (χ0) is 13.6. The molecule has 0 aliphatic carbocycles. The molecular formula is C16H21N3S. The maximum absolute atomic E-state index is 4.32. The third-order valence-corrected chi connectivity index (χ3v) is 4.62. The SMILES string of the molecule is c1ccc(CN2CCC(NCCc3nccs3)C2)cc1. The van der Waals surface area contributed by atoms with Crippen molar-refractivity contribution in [1.29, 1.82) is 0 Å². The van der Waals surface area contributed by atoms with E-state index < -0.39 is 0 Å². The van der Waals surface area contributed by atoms with Crippen molar-refractivity contribution in [3.63, 3.8) is 0 Å². The van der Waals surface area contributed by atoms with E-state index in [2.05, 4.69) is 45.5 Å². The Morgan fingerprint density at radius 2 is 2.20 bits per heavy atom. The summed E-state index contributed by atoms with van der Waals surface area (Å²) >= 11 is 1.75. The summed E-state index contributed by atoms with van der Waals surface area (Å²) < 4.78 is 0. The van der Waals surface area contributed by atoms with Crippen LogP contribution in [-0.4, -0.2) is 35.6 Å². The molecule has 3 nitrogen and oxygen atoms in total. The summed E-state index contributed by atoms with van der Waals surface area (Å²) in [7, 11) is 0. The van der Waals surface area contributed by atoms with Gasteiger partial charge in [-0.25, -0.2) is 4.98 Å². The van der Waals surface area contributed by atoms with Crippen LogP contribution < -0.4 is 5.32 Å². The number of rotatable bonds is 6. The summed E-state index contributed by atoms with van der Waals surface area (Å²) in [5.74, 6) is 0. The Balaban J connectivity index is 1.38. The molecule has 106 valence electrons. The second kappa shape index (κ2) is 6.97. The molecule has 3 rings (SSSR count). The van der Waals surface area contributed by atoms with Crippen molar-refractivity contribution in [3.05, 3.63) is 52.5 Å². The van der Waals surface area contributed by atoms with Gasteiger partial charge in [-0.3, -0.25) is 4.90 Å². The van der Waals surface area contributed by atoms with Gasteiger partial charge in [0, 0.05) is 50.2 Å². The highest BCUT2D eigenvalue weighted by molar-refractivity contribution is 7.09. The molecule has 2 aromatic rings. The molecule has 20 heavy (non-hydrogen) atoms. The summed E-state index contributed by atoms with van der Waals surface area (Å²) in [5, 5.41) is 6.94. The molecule has 1 aromatic heterocycles. The summed E-state index contributed by atoms with van der Waals surface area (Å²) in [6.07, 6.45) is 4.19. The lowest BCUT2D eigenvalue weighted by Crippen LogP contribution is -2.33. The summed E-state index contributed by atoms with van der Waals surface area (Å²) in [5.41, 5.74) is 1.41. The van der Waals surface area contributed by atoms with Gasteiger partial charge in [0.15, 0.2) is 0 Å². The van der Waals surface area contributed by atoms with Gasteiger partial charge in [-0.1, -0.05) is 30.3 Å². The largest absolute Gasteiger partial charge is 0.312 e. The minimum atomic E-state index is 0.638. The molecule has 1 saturated heterocycles. The first-order valence-electron chi connectivity index (χ1n) is 7.28. The van der Waals surface area contributed by atoms with Gasteiger partial charge in [0.05, 0.1) is 5.01 Å². The number of benzene rings is 1. The van der Waals surface area contributed by atoms with E-state index in [-0.39, 0.29) is 0 Å². The first-order chi connectivity index (χ1) is 9.90. The number of aromatic nitrogens is 1. The molecule has 0 saturated carbocycles. The molecule has 1 aromatic carbocycles. The van der Waals surface area contributed by atoms with Crippen molar-refractivity contribution in [1.82, 2.24) is 15.2 Å². The van der Waals surface area contributed by atoms with Gasteiger partial charge >= 0.3 is 0 Å². The average Bonchev–Trinajstić information content (AvgIpc) is 3.12. The Hall–Kier alpha value is -1.23. The van der Waals surface area contributed by atoms with Gasteiger partial charge in [0.25, 0.3) is 0 Å². The van der Waals surface area contributed by atoms with Gasteiger partial charge in [-0.2, -0.15) is 0 Å². The minimum Gasteiger partial charge on any atom is -0.312 e. The van der Waals surface area contributed by atoms with Crippen LogP contribution in [0.4, 0.5) is 0 Å². The van der Waals surface area contributed by atoms with E-state index in [4.69, 9.17) is 0 Å². The fourth-order valence-corrected chi connectivity index (χ4v) is 3.36. The summed E-state index contributed by atoms with van der Waals surface area (Å²) in [6.45, 7) is 4.47. The molecular weight excluding hydrogens is 266 g/mol. The Morgan fingerprint density at radius 3 is 3.00 bits per heavy atom. The fourth-order valence-electron chi connectivity index (χ4n) is 2.74. The van der Waals surface area contributed by atoms with Crippen LogP contribution in [0.25, 0.3) is 0 Å². The second-order valence-corrected chi connectivity index (χ2v) is 6.32. The van der Waals surface area contributed by atoms with E-state index in [1.54, 1.807) is 11.3 Å². The smallest absolute Gasteiger partial charge is 0.0937 e. The molecule has 1 fully saturated rings. The maximum atomic E-state index is 4.32. The maximum Gasteiger partial charge on any atom is 0.0937 e. The molecule has 1 aliphatic heterocycles. The number of nitrogens with zero attached hydrogens (tertiary/aromatic N) is 2.